The van der Waals surface area contributed by atoms with Crippen molar-refractivity contribution >= 4 is 27.6 Å². The van der Waals surface area contributed by atoms with E-state index in [-0.39, 0.29) is 16.1 Å². The Morgan fingerprint density at radius 3 is 2.33 bits per heavy atom. The number of hydrogen-bond donors (Lipinski definition) is 1. The van der Waals surface area contributed by atoms with Crippen LogP contribution in [0.15, 0.2) is 16.6 Å². The quantitative estimate of drug-likeness (QED) is 0.749. The summed E-state index contributed by atoms with van der Waals surface area (Å²) in [7, 11) is 0. The molecule has 1 aromatic rings. The van der Waals surface area contributed by atoms with Crippen molar-refractivity contribution in [3.05, 3.63) is 28.0 Å². The Morgan fingerprint density at radius 2 is 1.90 bits per heavy atom. The van der Waals surface area contributed by atoms with Crippen LogP contribution in [0.1, 0.15) is 50.9 Å². The fourth-order valence-electron chi connectivity index (χ4n) is 2.49. The number of carbonyl (C=O) groups is 1. The molecule has 0 aromatic heterocycles. The topological polar surface area (TPSA) is 40.5 Å². The average molecular weight is 360 g/mol. The van der Waals surface area contributed by atoms with E-state index in [2.05, 4.69) is 48.5 Å². The maximum Gasteiger partial charge on any atom is 0.336 e. The van der Waals surface area contributed by atoms with Crippen LogP contribution in [0, 0.1) is 11.7 Å². The van der Waals surface area contributed by atoms with Gasteiger partial charge in [-0.15, -0.1) is 0 Å². The van der Waals surface area contributed by atoms with Gasteiger partial charge in [0.05, 0.1) is 15.7 Å². The van der Waals surface area contributed by atoms with Gasteiger partial charge in [0, 0.05) is 12.6 Å². The van der Waals surface area contributed by atoms with Crippen LogP contribution in [0.4, 0.5) is 10.1 Å². The molecule has 0 atom stereocenters. The molecule has 0 heterocycles. The highest BCUT2D eigenvalue weighted by Gasteiger charge is 2.23. The average Bonchev–Trinajstić information content (AvgIpc) is 2.41. The van der Waals surface area contributed by atoms with Gasteiger partial charge in [-0.2, -0.15) is 0 Å². The highest BCUT2D eigenvalue weighted by Crippen LogP contribution is 2.32. The van der Waals surface area contributed by atoms with Crippen molar-refractivity contribution < 1.29 is 14.3 Å². The molecule has 0 bridgehead atoms. The molecule has 21 heavy (non-hydrogen) atoms. The molecule has 0 amide bonds. The molecular weight excluding hydrogens is 337 g/mol. The zero-order chi connectivity index (χ0) is 16.2. The van der Waals surface area contributed by atoms with Gasteiger partial charge < -0.3 is 10.0 Å². The van der Waals surface area contributed by atoms with Crippen molar-refractivity contribution in [2.45, 2.75) is 46.6 Å². The number of anilines is 1. The number of halogens is 2. The summed E-state index contributed by atoms with van der Waals surface area (Å²) in [6.07, 6.45) is 1.84. The molecule has 0 saturated carbocycles. The number of nitrogens with zero attached hydrogens (tertiary/aromatic N) is 1. The zero-order valence-electron chi connectivity index (χ0n) is 13.0. The molecule has 1 aromatic carbocycles. The summed E-state index contributed by atoms with van der Waals surface area (Å²) in [5.41, 5.74) is 0.416. The van der Waals surface area contributed by atoms with Gasteiger partial charge in [0.25, 0.3) is 0 Å². The number of carboxylic acids is 1. The molecule has 0 spiro atoms. The SMILES string of the molecule is CCC(CC)N(CC(C)C)c1ccc(C(=O)O)c(Br)c1F. The predicted octanol–water partition coefficient (Wildman–Crippen LogP) is 4.94. The number of rotatable bonds is 7. The van der Waals surface area contributed by atoms with E-state index in [1.54, 1.807) is 6.07 Å². The summed E-state index contributed by atoms with van der Waals surface area (Å²) in [5.74, 6) is -1.24. The lowest BCUT2D eigenvalue weighted by molar-refractivity contribution is 0.0695. The first-order valence-electron chi connectivity index (χ1n) is 7.31. The third-order valence-electron chi connectivity index (χ3n) is 3.55. The van der Waals surface area contributed by atoms with E-state index >= 15 is 0 Å². The second-order valence-corrected chi connectivity index (χ2v) is 6.37. The third-order valence-corrected chi connectivity index (χ3v) is 4.32. The van der Waals surface area contributed by atoms with Crippen LogP contribution in [0.2, 0.25) is 0 Å². The molecule has 0 fully saturated rings. The minimum Gasteiger partial charge on any atom is -0.478 e. The van der Waals surface area contributed by atoms with Gasteiger partial charge in [-0.3, -0.25) is 0 Å². The molecule has 0 aliphatic carbocycles. The summed E-state index contributed by atoms with van der Waals surface area (Å²) in [6, 6.07) is 3.27. The first-order valence-corrected chi connectivity index (χ1v) is 8.10. The van der Waals surface area contributed by atoms with Gasteiger partial charge >= 0.3 is 5.97 Å². The van der Waals surface area contributed by atoms with Crippen molar-refractivity contribution in [1.82, 2.24) is 0 Å². The monoisotopic (exact) mass is 359 g/mol. The minimum absolute atomic E-state index is 0.0206. The molecule has 0 saturated heterocycles. The lowest BCUT2D eigenvalue weighted by Gasteiger charge is -2.34. The summed E-state index contributed by atoms with van der Waals surface area (Å²) in [5, 5.41) is 9.06. The van der Waals surface area contributed by atoms with Crippen LogP contribution in [0.5, 0.6) is 0 Å². The van der Waals surface area contributed by atoms with Gasteiger partial charge in [-0.25, -0.2) is 9.18 Å². The van der Waals surface area contributed by atoms with Crippen molar-refractivity contribution in [3.8, 4) is 0 Å². The summed E-state index contributed by atoms with van der Waals surface area (Å²) < 4.78 is 14.6. The molecule has 3 nitrogen and oxygen atoms in total. The molecule has 0 aliphatic rings. The maximum absolute atomic E-state index is 14.6. The fraction of sp³-hybridized carbons (Fsp3) is 0.562. The highest BCUT2D eigenvalue weighted by atomic mass is 79.9. The first-order chi connectivity index (χ1) is 9.83. The van der Waals surface area contributed by atoms with Gasteiger partial charge in [-0.1, -0.05) is 27.7 Å². The summed E-state index contributed by atoms with van der Waals surface area (Å²) >= 11 is 3.08. The fourth-order valence-corrected chi connectivity index (χ4v) is 3.00. The highest BCUT2D eigenvalue weighted by molar-refractivity contribution is 9.10. The van der Waals surface area contributed by atoms with Crippen LogP contribution >= 0.6 is 15.9 Å². The summed E-state index contributed by atoms with van der Waals surface area (Å²) in [4.78, 5) is 13.1. The molecular formula is C16H23BrFNO2. The summed E-state index contributed by atoms with van der Waals surface area (Å²) in [6.45, 7) is 9.09. The van der Waals surface area contributed by atoms with E-state index in [4.69, 9.17) is 5.11 Å². The zero-order valence-corrected chi connectivity index (χ0v) is 14.6. The second kappa shape index (κ2) is 7.78. The first kappa shape index (κ1) is 18.0. The second-order valence-electron chi connectivity index (χ2n) is 5.58. The van der Waals surface area contributed by atoms with Crippen molar-refractivity contribution in [3.63, 3.8) is 0 Å². The Hall–Kier alpha value is -1.10. The number of benzene rings is 1. The lowest BCUT2D eigenvalue weighted by atomic mass is 10.1. The number of aromatic carboxylic acids is 1. The van der Waals surface area contributed by atoms with Gasteiger partial charge in [-0.05, 0) is 46.8 Å². The van der Waals surface area contributed by atoms with Crippen molar-refractivity contribution in [2.24, 2.45) is 5.92 Å². The molecule has 1 rings (SSSR count). The standard InChI is InChI=1S/C16H23BrFNO2/c1-5-11(6-2)19(9-10(3)4)13-8-7-12(16(20)21)14(17)15(13)18/h7-8,10-11H,5-6,9H2,1-4H3,(H,20,21). The number of carboxylic acid groups (broad SMARTS) is 1. The van der Waals surface area contributed by atoms with Crippen LogP contribution in [-0.4, -0.2) is 23.7 Å². The Bertz CT molecular complexity index is 501. The Balaban J connectivity index is 3.31. The largest absolute Gasteiger partial charge is 0.478 e. The van der Waals surface area contributed by atoms with E-state index in [9.17, 15) is 9.18 Å². The van der Waals surface area contributed by atoms with Gasteiger partial charge in [0.15, 0.2) is 5.82 Å². The van der Waals surface area contributed by atoms with Crippen molar-refractivity contribution in [2.75, 3.05) is 11.4 Å². The van der Waals surface area contributed by atoms with E-state index in [1.807, 2.05) is 0 Å². The Labute approximate surface area is 134 Å². The van der Waals surface area contributed by atoms with Crippen LogP contribution < -0.4 is 4.90 Å². The Kier molecular flexibility index (Phi) is 6.65. The predicted molar refractivity (Wildman–Crippen MR) is 87.6 cm³/mol. The number of hydrogen-bond acceptors (Lipinski definition) is 2. The van der Waals surface area contributed by atoms with E-state index in [0.717, 1.165) is 19.4 Å². The van der Waals surface area contributed by atoms with Crippen molar-refractivity contribution in [1.29, 1.82) is 0 Å². The smallest absolute Gasteiger partial charge is 0.336 e. The molecule has 118 valence electrons. The van der Waals surface area contributed by atoms with Crippen LogP contribution in [0.25, 0.3) is 0 Å². The van der Waals surface area contributed by atoms with E-state index in [0.29, 0.717) is 11.6 Å². The molecule has 0 unspecified atom stereocenters. The normalized spacial score (nSPS) is 11.2. The third kappa shape index (κ3) is 4.19. The molecule has 0 aliphatic heterocycles. The van der Waals surface area contributed by atoms with E-state index < -0.39 is 11.8 Å². The lowest BCUT2D eigenvalue weighted by Crippen LogP contribution is -2.38. The Morgan fingerprint density at radius 1 is 1.33 bits per heavy atom. The molecule has 5 heteroatoms. The minimum atomic E-state index is -1.13. The molecule has 1 N–H and O–H groups in total. The van der Waals surface area contributed by atoms with Crippen LogP contribution in [0.3, 0.4) is 0 Å². The maximum atomic E-state index is 14.6. The van der Waals surface area contributed by atoms with Gasteiger partial charge in [0.2, 0.25) is 0 Å². The molecule has 0 radical (unpaired) electrons. The van der Waals surface area contributed by atoms with Crippen LogP contribution in [-0.2, 0) is 0 Å². The van der Waals surface area contributed by atoms with Gasteiger partial charge in [0.1, 0.15) is 0 Å². The van der Waals surface area contributed by atoms with E-state index in [1.165, 1.54) is 6.07 Å².